The minimum absolute atomic E-state index is 0.00506. The van der Waals surface area contributed by atoms with Crippen molar-refractivity contribution in [1.29, 1.82) is 0 Å². The number of ether oxygens (including phenoxy) is 1. The van der Waals surface area contributed by atoms with Crippen LogP contribution in [0.1, 0.15) is 12.8 Å². The highest BCUT2D eigenvalue weighted by atomic mass is 16.5. The van der Waals surface area contributed by atoms with Gasteiger partial charge < -0.3 is 15.0 Å². The molecule has 1 saturated heterocycles. The van der Waals surface area contributed by atoms with Gasteiger partial charge in [0.2, 0.25) is 5.91 Å². The van der Waals surface area contributed by atoms with Crippen molar-refractivity contribution in [2.24, 2.45) is 5.92 Å². The molecule has 0 atom stereocenters. The van der Waals surface area contributed by atoms with Crippen molar-refractivity contribution in [1.82, 2.24) is 19.4 Å². The van der Waals surface area contributed by atoms with Crippen molar-refractivity contribution in [2.75, 3.05) is 25.0 Å². The largest absolute Gasteiger partial charge is 0.484 e. The first-order chi connectivity index (χ1) is 16.7. The number of likely N-dealkylation sites (tertiary alicyclic amines) is 1. The Bertz CT molecular complexity index is 1280. The molecule has 0 spiro atoms. The highest BCUT2D eigenvalue weighted by molar-refractivity contribution is 5.92. The van der Waals surface area contributed by atoms with Crippen LogP contribution in [0.5, 0.6) is 5.75 Å². The fourth-order valence-corrected chi connectivity index (χ4v) is 4.13. The molecule has 1 aliphatic rings. The number of hydrogen-bond acceptors (Lipinski definition) is 5. The van der Waals surface area contributed by atoms with Gasteiger partial charge in [-0.3, -0.25) is 14.2 Å². The number of benzene rings is 2. The van der Waals surface area contributed by atoms with E-state index in [1.165, 1.54) is 0 Å². The average molecular weight is 456 g/mol. The lowest BCUT2D eigenvalue weighted by atomic mass is 9.96. The molecular weight excluding hydrogens is 430 g/mol. The summed E-state index contributed by atoms with van der Waals surface area (Å²) in [5, 5.41) is 2.96. The van der Waals surface area contributed by atoms with Crippen molar-refractivity contribution in [3.05, 3.63) is 79.3 Å². The maximum Gasteiger partial charge on any atom is 0.260 e. The molecule has 1 aliphatic heterocycles. The number of aromatic nitrogens is 3. The van der Waals surface area contributed by atoms with Crippen LogP contribution < -0.4 is 10.1 Å². The summed E-state index contributed by atoms with van der Waals surface area (Å²) in [6.07, 6.45) is 4.64. The maximum atomic E-state index is 12.8. The van der Waals surface area contributed by atoms with E-state index in [0.717, 1.165) is 16.9 Å². The van der Waals surface area contributed by atoms with Gasteiger partial charge in [-0.2, -0.15) is 0 Å². The van der Waals surface area contributed by atoms with Crippen LogP contribution in [0.3, 0.4) is 0 Å². The summed E-state index contributed by atoms with van der Waals surface area (Å²) >= 11 is 0. The van der Waals surface area contributed by atoms with E-state index in [4.69, 9.17) is 4.74 Å². The van der Waals surface area contributed by atoms with Crippen LogP contribution in [0, 0.1) is 5.92 Å². The summed E-state index contributed by atoms with van der Waals surface area (Å²) in [4.78, 5) is 35.8. The van der Waals surface area contributed by atoms with Crippen LogP contribution in [0.25, 0.3) is 16.9 Å². The Hall–Kier alpha value is -4.20. The minimum Gasteiger partial charge on any atom is -0.484 e. The van der Waals surface area contributed by atoms with E-state index in [9.17, 15) is 9.59 Å². The van der Waals surface area contributed by atoms with E-state index < -0.39 is 0 Å². The lowest BCUT2D eigenvalue weighted by Gasteiger charge is -2.31. The Balaban J connectivity index is 1.12. The number of amides is 2. The Morgan fingerprint density at radius 2 is 1.71 bits per heavy atom. The second-order valence-electron chi connectivity index (χ2n) is 8.25. The van der Waals surface area contributed by atoms with Gasteiger partial charge in [-0.25, -0.2) is 9.97 Å². The summed E-state index contributed by atoms with van der Waals surface area (Å²) < 4.78 is 7.46. The van der Waals surface area contributed by atoms with E-state index in [2.05, 4.69) is 15.3 Å². The summed E-state index contributed by atoms with van der Waals surface area (Å²) in [6.45, 7) is 1.09. The number of piperidine rings is 1. The molecule has 3 heterocycles. The number of carbonyl (C=O) groups excluding carboxylic acids is 2. The quantitative estimate of drug-likeness (QED) is 0.479. The number of fused-ring (bicyclic) bond motifs is 1. The Kier molecular flexibility index (Phi) is 6.20. The van der Waals surface area contributed by atoms with Crippen molar-refractivity contribution >= 4 is 28.5 Å². The van der Waals surface area contributed by atoms with Crippen LogP contribution in [0.15, 0.2) is 79.3 Å². The van der Waals surface area contributed by atoms with E-state index in [0.29, 0.717) is 37.4 Å². The Labute approximate surface area is 197 Å². The first-order valence-electron chi connectivity index (χ1n) is 11.3. The second-order valence-corrected chi connectivity index (χ2v) is 8.25. The molecule has 0 radical (unpaired) electrons. The number of nitrogens with zero attached hydrogens (tertiary/aromatic N) is 4. The molecule has 1 fully saturated rings. The number of nitrogens with one attached hydrogen (secondary N) is 1. The van der Waals surface area contributed by atoms with Crippen LogP contribution in [0.2, 0.25) is 0 Å². The Morgan fingerprint density at radius 3 is 2.47 bits per heavy atom. The van der Waals surface area contributed by atoms with Gasteiger partial charge in [0.05, 0.1) is 22.9 Å². The predicted molar refractivity (Wildman–Crippen MR) is 129 cm³/mol. The van der Waals surface area contributed by atoms with E-state index in [1.807, 2.05) is 71.3 Å². The van der Waals surface area contributed by atoms with Crippen LogP contribution >= 0.6 is 0 Å². The molecule has 2 aromatic carbocycles. The number of anilines is 1. The molecule has 8 heteroatoms. The second kappa shape index (κ2) is 9.74. The molecule has 172 valence electrons. The molecule has 8 nitrogen and oxygen atoms in total. The fraction of sp³-hybridized carbons (Fsp3) is 0.231. The van der Waals surface area contributed by atoms with Crippen LogP contribution in [0.4, 0.5) is 5.69 Å². The molecule has 0 aliphatic carbocycles. The summed E-state index contributed by atoms with van der Waals surface area (Å²) in [5.41, 5.74) is 2.52. The number of pyridine rings is 1. The molecular formula is C26H25N5O3. The third-order valence-corrected chi connectivity index (χ3v) is 6.04. The van der Waals surface area contributed by atoms with Gasteiger partial charge in [0, 0.05) is 19.0 Å². The van der Waals surface area contributed by atoms with Gasteiger partial charge in [-0.1, -0.05) is 30.3 Å². The maximum absolute atomic E-state index is 12.8. The molecule has 1 N–H and O–H groups in total. The van der Waals surface area contributed by atoms with Crippen molar-refractivity contribution in [3.8, 4) is 11.6 Å². The molecule has 2 amide bonds. The molecule has 2 aromatic heterocycles. The normalized spacial score (nSPS) is 14.2. The lowest BCUT2D eigenvalue weighted by Crippen LogP contribution is -2.43. The van der Waals surface area contributed by atoms with E-state index in [-0.39, 0.29) is 24.3 Å². The highest BCUT2D eigenvalue weighted by Crippen LogP contribution is 2.21. The van der Waals surface area contributed by atoms with Crippen molar-refractivity contribution in [3.63, 3.8) is 0 Å². The zero-order valence-electron chi connectivity index (χ0n) is 18.6. The summed E-state index contributed by atoms with van der Waals surface area (Å²) in [5.74, 6) is 1.16. The van der Waals surface area contributed by atoms with E-state index in [1.54, 1.807) is 17.4 Å². The number of imidazole rings is 1. The molecule has 0 unspecified atom stereocenters. The molecule has 4 aromatic rings. The first-order valence-corrected chi connectivity index (χ1v) is 11.3. The molecule has 0 bridgehead atoms. The first kappa shape index (κ1) is 21.6. The third kappa shape index (κ3) is 4.76. The molecule has 34 heavy (non-hydrogen) atoms. The Morgan fingerprint density at radius 1 is 0.941 bits per heavy atom. The SMILES string of the molecule is O=C(Nc1ccc(-n2cnc3ccccc32)nc1)C1CCN(C(=O)COc2ccccc2)CC1. The van der Waals surface area contributed by atoms with Crippen molar-refractivity contribution in [2.45, 2.75) is 12.8 Å². The van der Waals surface area contributed by atoms with Gasteiger partial charge in [0.15, 0.2) is 6.61 Å². The van der Waals surface area contributed by atoms with Gasteiger partial charge in [-0.05, 0) is 49.2 Å². The predicted octanol–water partition coefficient (Wildman–Crippen LogP) is 3.68. The zero-order chi connectivity index (χ0) is 23.3. The molecule has 5 rings (SSSR count). The van der Waals surface area contributed by atoms with Crippen LogP contribution in [-0.2, 0) is 9.59 Å². The minimum atomic E-state index is -0.142. The average Bonchev–Trinajstić information content (AvgIpc) is 3.33. The van der Waals surface area contributed by atoms with Gasteiger partial charge in [0.25, 0.3) is 5.91 Å². The number of rotatable bonds is 6. The lowest BCUT2D eigenvalue weighted by molar-refractivity contribution is -0.136. The number of para-hydroxylation sites is 3. The number of hydrogen-bond donors (Lipinski definition) is 1. The summed E-state index contributed by atoms with van der Waals surface area (Å²) in [7, 11) is 0. The standard InChI is InChI=1S/C26H25N5O3/c32-25(17-34-21-6-2-1-3-7-21)30-14-12-19(13-15-30)26(33)29-20-10-11-24(27-16-20)31-18-28-22-8-4-5-9-23(22)31/h1-11,16,18-19H,12-15,17H2,(H,29,33). The zero-order valence-corrected chi connectivity index (χ0v) is 18.6. The van der Waals surface area contributed by atoms with Crippen molar-refractivity contribution < 1.29 is 14.3 Å². The van der Waals surface area contributed by atoms with Gasteiger partial charge in [-0.15, -0.1) is 0 Å². The van der Waals surface area contributed by atoms with Gasteiger partial charge in [0.1, 0.15) is 17.9 Å². The van der Waals surface area contributed by atoms with E-state index >= 15 is 0 Å². The monoisotopic (exact) mass is 455 g/mol. The number of carbonyl (C=O) groups is 2. The third-order valence-electron chi connectivity index (χ3n) is 6.04. The topological polar surface area (TPSA) is 89.4 Å². The van der Waals surface area contributed by atoms with Gasteiger partial charge >= 0.3 is 0 Å². The highest BCUT2D eigenvalue weighted by Gasteiger charge is 2.27. The summed E-state index contributed by atoms with van der Waals surface area (Å²) in [6, 6.07) is 20.8. The fourth-order valence-electron chi connectivity index (χ4n) is 4.13. The smallest absolute Gasteiger partial charge is 0.260 e. The molecule has 0 saturated carbocycles. The van der Waals surface area contributed by atoms with Crippen LogP contribution in [-0.4, -0.2) is 50.9 Å².